The van der Waals surface area contributed by atoms with Crippen molar-refractivity contribution in [3.63, 3.8) is 0 Å². The van der Waals surface area contributed by atoms with Crippen LogP contribution in [-0.2, 0) is 4.79 Å². The Morgan fingerprint density at radius 1 is 1.00 bits per heavy atom. The van der Waals surface area contributed by atoms with Gasteiger partial charge in [0.15, 0.2) is 5.78 Å². The molecule has 23 heavy (non-hydrogen) atoms. The minimum absolute atomic E-state index is 0.0339. The Morgan fingerprint density at radius 2 is 1.65 bits per heavy atom. The second kappa shape index (κ2) is 7.70. The molecule has 120 valence electrons. The highest BCUT2D eigenvalue weighted by molar-refractivity contribution is 6.09. The van der Waals surface area contributed by atoms with Crippen LogP contribution in [0.1, 0.15) is 34.3 Å². The van der Waals surface area contributed by atoms with Crippen molar-refractivity contribution in [2.75, 3.05) is 20.8 Å². The van der Waals surface area contributed by atoms with Gasteiger partial charge in [0.25, 0.3) is 0 Å². The molecular formula is C19H22N2O2. The molecule has 0 saturated carbocycles. The summed E-state index contributed by atoms with van der Waals surface area (Å²) in [4.78, 5) is 26.6. The van der Waals surface area contributed by atoms with Crippen LogP contribution in [0.4, 0.5) is 0 Å². The maximum atomic E-state index is 12.5. The highest BCUT2D eigenvalue weighted by Crippen LogP contribution is 2.19. The third kappa shape index (κ3) is 4.50. The molecule has 1 unspecified atom stereocenters. The standard InChI is InChI=1S/C19H22N2O2/c1-14(19(23)20-13-21(2)3)16-10-7-11-17(12-16)18(22)15-8-5-4-6-9-15/h4-12,14H,13H2,1-3H3,(H,20,23). The molecule has 1 amide bonds. The quantitative estimate of drug-likeness (QED) is 0.659. The number of hydrogen-bond donors (Lipinski definition) is 1. The molecular weight excluding hydrogens is 288 g/mol. The van der Waals surface area contributed by atoms with Crippen LogP contribution in [0.15, 0.2) is 54.6 Å². The zero-order chi connectivity index (χ0) is 16.8. The summed E-state index contributed by atoms with van der Waals surface area (Å²) in [6, 6.07) is 16.4. The average molecular weight is 310 g/mol. The summed E-state index contributed by atoms with van der Waals surface area (Å²) in [5.41, 5.74) is 2.08. The fraction of sp³-hybridized carbons (Fsp3) is 0.263. The van der Waals surface area contributed by atoms with Gasteiger partial charge in [-0.3, -0.25) is 14.5 Å². The number of rotatable bonds is 6. The van der Waals surface area contributed by atoms with E-state index in [0.717, 1.165) is 5.56 Å². The summed E-state index contributed by atoms with van der Waals surface area (Å²) in [7, 11) is 3.79. The van der Waals surface area contributed by atoms with Crippen LogP contribution in [0.25, 0.3) is 0 Å². The molecule has 1 atom stereocenters. The summed E-state index contributed by atoms with van der Waals surface area (Å²) < 4.78 is 0. The van der Waals surface area contributed by atoms with Crippen molar-refractivity contribution in [1.82, 2.24) is 10.2 Å². The van der Waals surface area contributed by atoms with Crippen molar-refractivity contribution in [1.29, 1.82) is 0 Å². The third-order valence-electron chi connectivity index (χ3n) is 3.65. The number of benzene rings is 2. The van der Waals surface area contributed by atoms with Crippen LogP contribution in [0, 0.1) is 0 Å². The lowest BCUT2D eigenvalue weighted by molar-refractivity contribution is -0.122. The highest BCUT2D eigenvalue weighted by Gasteiger charge is 2.17. The van der Waals surface area contributed by atoms with E-state index in [1.165, 1.54) is 0 Å². The first kappa shape index (κ1) is 16.9. The molecule has 0 spiro atoms. The molecule has 0 aromatic heterocycles. The van der Waals surface area contributed by atoms with Gasteiger partial charge in [-0.2, -0.15) is 0 Å². The summed E-state index contributed by atoms with van der Waals surface area (Å²) in [6.07, 6.45) is 0. The van der Waals surface area contributed by atoms with Gasteiger partial charge >= 0.3 is 0 Å². The summed E-state index contributed by atoms with van der Waals surface area (Å²) in [5, 5.41) is 2.86. The van der Waals surface area contributed by atoms with Crippen molar-refractivity contribution in [3.05, 3.63) is 71.3 Å². The molecule has 2 rings (SSSR count). The maximum absolute atomic E-state index is 12.5. The first-order valence-corrected chi connectivity index (χ1v) is 7.61. The van der Waals surface area contributed by atoms with E-state index in [0.29, 0.717) is 17.8 Å². The molecule has 0 radical (unpaired) electrons. The molecule has 1 N–H and O–H groups in total. The van der Waals surface area contributed by atoms with E-state index < -0.39 is 0 Å². The number of carbonyl (C=O) groups excluding carboxylic acids is 2. The molecule has 0 saturated heterocycles. The topological polar surface area (TPSA) is 49.4 Å². The van der Waals surface area contributed by atoms with Crippen molar-refractivity contribution in [2.24, 2.45) is 0 Å². The zero-order valence-electron chi connectivity index (χ0n) is 13.7. The number of ketones is 1. The van der Waals surface area contributed by atoms with Crippen LogP contribution in [0.2, 0.25) is 0 Å². The van der Waals surface area contributed by atoms with E-state index in [1.54, 1.807) is 24.3 Å². The SMILES string of the molecule is CC(C(=O)NCN(C)C)c1cccc(C(=O)c2ccccc2)c1. The molecule has 0 aliphatic heterocycles. The van der Waals surface area contributed by atoms with E-state index in [1.807, 2.05) is 56.3 Å². The molecule has 4 heteroatoms. The van der Waals surface area contributed by atoms with Crippen LogP contribution in [0.5, 0.6) is 0 Å². The molecule has 0 aliphatic rings. The highest BCUT2D eigenvalue weighted by atomic mass is 16.2. The molecule has 4 nitrogen and oxygen atoms in total. The lowest BCUT2D eigenvalue weighted by Crippen LogP contribution is -2.35. The van der Waals surface area contributed by atoms with E-state index in [9.17, 15) is 9.59 Å². The average Bonchev–Trinajstić information content (AvgIpc) is 2.59. The number of nitrogens with zero attached hydrogens (tertiary/aromatic N) is 1. The van der Waals surface area contributed by atoms with Crippen LogP contribution < -0.4 is 5.32 Å². The number of carbonyl (C=O) groups is 2. The number of nitrogens with one attached hydrogen (secondary N) is 1. The van der Waals surface area contributed by atoms with Gasteiger partial charge < -0.3 is 5.32 Å². The van der Waals surface area contributed by atoms with Gasteiger partial charge in [0.05, 0.1) is 12.6 Å². The van der Waals surface area contributed by atoms with Gasteiger partial charge in [0, 0.05) is 11.1 Å². The van der Waals surface area contributed by atoms with Gasteiger partial charge in [0.2, 0.25) is 5.91 Å². The molecule has 0 aliphatic carbocycles. The van der Waals surface area contributed by atoms with Gasteiger partial charge in [-0.1, -0.05) is 48.5 Å². The first-order valence-electron chi connectivity index (χ1n) is 7.61. The van der Waals surface area contributed by atoms with E-state index in [4.69, 9.17) is 0 Å². The summed E-state index contributed by atoms with van der Waals surface area (Å²) in [5.74, 6) is -0.394. The van der Waals surface area contributed by atoms with Gasteiger partial charge in [-0.25, -0.2) is 0 Å². The largest absolute Gasteiger partial charge is 0.343 e. The third-order valence-corrected chi connectivity index (χ3v) is 3.65. The molecule has 0 bridgehead atoms. The number of amides is 1. The summed E-state index contributed by atoms with van der Waals surface area (Å²) >= 11 is 0. The molecule has 0 fully saturated rings. The minimum atomic E-state index is -0.307. The lowest BCUT2D eigenvalue weighted by Gasteiger charge is -2.16. The van der Waals surface area contributed by atoms with Crippen LogP contribution in [-0.4, -0.2) is 37.4 Å². The van der Waals surface area contributed by atoms with Crippen molar-refractivity contribution >= 4 is 11.7 Å². The van der Waals surface area contributed by atoms with Crippen molar-refractivity contribution in [3.8, 4) is 0 Å². The van der Waals surface area contributed by atoms with Crippen molar-refractivity contribution < 1.29 is 9.59 Å². The van der Waals surface area contributed by atoms with Gasteiger partial charge in [-0.05, 0) is 32.6 Å². The second-order valence-corrected chi connectivity index (χ2v) is 5.82. The zero-order valence-corrected chi connectivity index (χ0v) is 13.7. The number of hydrogen-bond acceptors (Lipinski definition) is 3. The Balaban J connectivity index is 2.16. The molecule has 2 aromatic rings. The second-order valence-electron chi connectivity index (χ2n) is 5.82. The Hall–Kier alpha value is -2.46. The molecule has 0 heterocycles. The van der Waals surface area contributed by atoms with Crippen LogP contribution in [0.3, 0.4) is 0 Å². The predicted molar refractivity (Wildman–Crippen MR) is 91.4 cm³/mol. The van der Waals surface area contributed by atoms with E-state index in [-0.39, 0.29) is 17.6 Å². The smallest absolute Gasteiger partial charge is 0.228 e. The Bertz CT molecular complexity index is 681. The van der Waals surface area contributed by atoms with Gasteiger partial charge in [0.1, 0.15) is 0 Å². The minimum Gasteiger partial charge on any atom is -0.343 e. The summed E-state index contributed by atoms with van der Waals surface area (Å²) in [6.45, 7) is 2.34. The maximum Gasteiger partial charge on any atom is 0.228 e. The Kier molecular flexibility index (Phi) is 5.66. The van der Waals surface area contributed by atoms with Crippen LogP contribution >= 0.6 is 0 Å². The monoisotopic (exact) mass is 310 g/mol. The normalized spacial score (nSPS) is 12.0. The fourth-order valence-electron chi connectivity index (χ4n) is 2.25. The van der Waals surface area contributed by atoms with E-state index >= 15 is 0 Å². The molecule has 2 aromatic carbocycles. The van der Waals surface area contributed by atoms with Crippen molar-refractivity contribution in [2.45, 2.75) is 12.8 Å². The van der Waals surface area contributed by atoms with E-state index in [2.05, 4.69) is 5.32 Å². The Labute approximate surface area is 137 Å². The Morgan fingerprint density at radius 3 is 2.30 bits per heavy atom. The lowest BCUT2D eigenvalue weighted by atomic mass is 9.95. The fourth-order valence-corrected chi connectivity index (χ4v) is 2.25. The predicted octanol–water partition coefficient (Wildman–Crippen LogP) is 2.66. The van der Waals surface area contributed by atoms with Gasteiger partial charge in [-0.15, -0.1) is 0 Å². The first-order chi connectivity index (χ1) is 11.0.